The Kier molecular flexibility index (Phi) is 5.76. The zero-order valence-corrected chi connectivity index (χ0v) is 18.9. The van der Waals surface area contributed by atoms with E-state index in [0.29, 0.717) is 30.1 Å². The summed E-state index contributed by atoms with van der Waals surface area (Å²) in [4.78, 5) is 23.8. The molecule has 0 spiro atoms. The molecular formula is C25H40O4. The van der Waals surface area contributed by atoms with Gasteiger partial charge in [0.15, 0.2) is 0 Å². The van der Waals surface area contributed by atoms with Gasteiger partial charge < -0.3 is 9.47 Å². The Labute approximate surface area is 176 Å². The van der Waals surface area contributed by atoms with Crippen LogP contribution in [-0.4, -0.2) is 24.1 Å². The van der Waals surface area contributed by atoms with Gasteiger partial charge in [-0.3, -0.25) is 9.59 Å². The van der Waals surface area contributed by atoms with E-state index in [4.69, 9.17) is 9.47 Å². The summed E-state index contributed by atoms with van der Waals surface area (Å²) in [6, 6.07) is 0. The number of ether oxygens (including phenoxy) is 2. The average molecular weight is 405 g/mol. The van der Waals surface area contributed by atoms with Crippen LogP contribution in [0.2, 0.25) is 0 Å². The van der Waals surface area contributed by atoms with Gasteiger partial charge in [0.2, 0.25) is 0 Å². The van der Waals surface area contributed by atoms with Gasteiger partial charge in [-0.25, -0.2) is 0 Å². The highest BCUT2D eigenvalue weighted by Gasteiger charge is 2.61. The minimum atomic E-state index is -0.0423. The highest BCUT2D eigenvalue weighted by atomic mass is 16.5. The third-order valence-electron chi connectivity index (χ3n) is 9.68. The summed E-state index contributed by atoms with van der Waals surface area (Å²) in [5.41, 5.74) is 0.556. The molecule has 4 fully saturated rings. The van der Waals surface area contributed by atoms with E-state index in [0.717, 1.165) is 31.1 Å². The summed E-state index contributed by atoms with van der Waals surface area (Å²) in [7, 11) is 0. The molecule has 4 nitrogen and oxygen atoms in total. The summed E-state index contributed by atoms with van der Waals surface area (Å²) in [5.74, 6) is 2.86. The molecule has 0 radical (unpaired) electrons. The van der Waals surface area contributed by atoms with Gasteiger partial charge in [0.1, 0.15) is 12.2 Å². The predicted octanol–water partition coefficient (Wildman–Crippen LogP) is 5.67. The number of carbonyl (C=O) groups excluding carboxylic acids is 2. The molecular weight excluding hydrogens is 364 g/mol. The molecule has 1 unspecified atom stereocenters. The highest BCUT2D eigenvalue weighted by molar-refractivity contribution is 5.69. The third kappa shape index (κ3) is 3.53. The smallest absolute Gasteiger partial charge is 0.305 e. The minimum Gasteiger partial charge on any atom is -0.462 e. The quantitative estimate of drug-likeness (QED) is 0.566. The van der Waals surface area contributed by atoms with E-state index in [-0.39, 0.29) is 29.6 Å². The molecule has 0 aromatic heterocycles. The van der Waals surface area contributed by atoms with Crippen molar-refractivity contribution in [2.24, 2.45) is 34.5 Å². The number of hydrogen-bond donors (Lipinski definition) is 0. The molecule has 0 heterocycles. The van der Waals surface area contributed by atoms with Crippen molar-refractivity contribution >= 4 is 11.9 Å². The minimum absolute atomic E-state index is 0.0328. The first-order valence-electron chi connectivity index (χ1n) is 12.2. The molecule has 8 atom stereocenters. The summed E-state index contributed by atoms with van der Waals surface area (Å²) >= 11 is 0. The second kappa shape index (κ2) is 7.89. The lowest BCUT2D eigenvalue weighted by Gasteiger charge is -2.60. The fraction of sp³-hybridized carbons (Fsp3) is 0.920. The van der Waals surface area contributed by atoms with Crippen LogP contribution in [0, 0.1) is 34.5 Å². The second-order valence-corrected chi connectivity index (χ2v) is 10.9. The Morgan fingerprint density at radius 2 is 1.45 bits per heavy atom. The van der Waals surface area contributed by atoms with Gasteiger partial charge in [0.25, 0.3) is 0 Å². The van der Waals surface area contributed by atoms with Crippen molar-refractivity contribution in [1.29, 1.82) is 0 Å². The standard InChI is InChI=1S/C25H40O4/c1-5-22(26)28-17-11-13-24(3)16(15-17)7-8-18-19-9-10-21(29-23(27)6-2)25(19,4)14-12-20(18)24/h16-21H,5-15H2,1-4H3/t16-,17?,18-,19-,20-,21-,24-,25-/m0/s1. The van der Waals surface area contributed by atoms with Gasteiger partial charge in [-0.05, 0) is 86.9 Å². The van der Waals surface area contributed by atoms with Crippen molar-refractivity contribution in [2.75, 3.05) is 0 Å². The van der Waals surface area contributed by atoms with Crippen molar-refractivity contribution < 1.29 is 19.1 Å². The van der Waals surface area contributed by atoms with Gasteiger partial charge >= 0.3 is 11.9 Å². The van der Waals surface area contributed by atoms with Crippen LogP contribution in [0.25, 0.3) is 0 Å². The van der Waals surface area contributed by atoms with E-state index in [2.05, 4.69) is 13.8 Å². The molecule has 0 N–H and O–H groups in total. The zero-order valence-electron chi connectivity index (χ0n) is 18.9. The summed E-state index contributed by atoms with van der Waals surface area (Å²) in [6.45, 7) is 8.72. The first kappa shape index (κ1) is 21.2. The molecule has 4 aliphatic carbocycles. The molecule has 29 heavy (non-hydrogen) atoms. The van der Waals surface area contributed by atoms with Gasteiger partial charge in [0.05, 0.1) is 0 Å². The van der Waals surface area contributed by atoms with Crippen molar-refractivity contribution in [2.45, 2.75) is 111 Å². The molecule has 4 heteroatoms. The number of rotatable bonds is 4. The number of esters is 2. The van der Waals surface area contributed by atoms with E-state index >= 15 is 0 Å². The third-order valence-corrected chi connectivity index (χ3v) is 9.68. The van der Waals surface area contributed by atoms with E-state index in [9.17, 15) is 9.59 Å². The molecule has 164 valence electrons. The molecule has 0 aromatic carbocycles. The molecule has 0 aliphatic heterocycles. The van der Waals surface area contributed by atoms with Crippen LogP contribution >= 0.6 is 0 Å². The fourth-order valence-electron chi connectivity index (χ4n) is 7.98. The molecule has 0 amide bonds. The number of hydrogen-bond acceptors (Lipinski definition) is 4. The van der Waals surface area contributed by atoms with Gasteiger partial charge in [-0.2, -0.15) is 0 Å². The predicted molar refractivity (Wildman–Crippen MR) is 112 cm³/mol. The summed E-state index contributed by atoms with van der Waals surface area (Å²) in [5, 5.41) is 0. The maximum Gasteiger partial charge on any atom is 0.305 e. The molecule has 0 saturated heterocycles. The Hall–Kier alpha value is -1.06. The van der Waals surface area contributed by atoms with Crippen molar-refractivity contribution in [3.05, 3.63) is 0 Å². The Bertz CT molecular complexity index is 645. The largest absolute Gasteiger partial charge is 0.462 e. The van der Waals surface area contributed by atoms with Crippen LogP contribution in [0.5, 0.6) is 0 Å². The molecule has 0 aromatic rings. The van der Waals surface area contributed by atoms with Crippen molar-refractivity contribution in [3.8, 4) is 0 Å². The normalized spacial score (nSPS) is 46.2. The van der Waals surface area contributed by atoms with Crippen LogP contribution in [0.4, 0.5) is 0 Å². The monoisotopic (exact) mass is 404 g/mol. The van der Waals surface area contributed by atoms with E-state index in [1.807, 2.05) is 13.8 Å². The lowest BCUT2D eigenvalue weighted by Crippen LogP contribution is -2.54. The van der Waals surface area contributed by atoms with Gasteiger partial charge in [-0.15, -0.1) is 0 Å². The Morgan fingerprint density at radius 3 is 2.17 bits per heavy atom. The topological polar surface area (TPSA) is 52.6 Å². The second-order valence-electron chi connectivity index (χ2n) is 10.9. The van der Waals surface area contributed by atoms with Gasteiger partial charge in [0, 0.05) is 18.3 Å². The molecule has 4 rings (SSSR count). The Balaban J connectivity index is 1.47. The van der Waals surface area contributed by atoms with Gasteiger partial charge in [-0.1, -0.05) is 27.7 Å². The SMILES string of the molecule is CCC(=O)OC1CC[C@@]2(C)[C@@H](CC[C@@H]3[C@@H]2CC[C@]2(C)[C@@H](OC(=O)CC)CC[C@@H]32)C1. The van der Waals surface area contributed by atoms with Crippen molar-refractivity contribution in [3.63, 3.8) is 0 Å². The Morgan fingerprint density at radius 1 is 0.793 bits per heavy atom. The van der Waals surface area contributed by atoms with Crippen molar-refractivity contribution in [1.82, 2.24) is 0 Å². The highest BCUT2D eigenvalue weighted by Crippen LogP contribution is 2.66. The van der Waals surface area contributed by atoms with E-state index in [1.165, 1.54) is 38.5 Å². The summed E-state index contributed by atoms with van der Waals surface area (Å²) < 4.78 is 11.6. The molecule has 0 bridgehead atoms. The van der Waals surface area contributed by atoms with Crippen LogP contribution in [-0.2, 0) is 19.1 Å². The first-order chi connectivity index (χ1) is 13.8. The maximum absolute atomic E-state index is 12.0. The average Bonchev–Trinajstić information content (AvgIpc) is 3.04. The lowest BCUT2D eigenvalue weighted by atomic mass is 9.45. The zero-order chi connectivity index (χ0) is 20.8. The number of fused-ring (bicyclic) bond motifs is 5. The van der Waals surface area contributed by atoms with E-state index in [1.54, 1.807) is 0 Å². The van der Waals surface area contributed by atoms with Crippen LogP contribution in [0.3, 0.4) is 0 Å². The first-order valence-corrected chi connectivity index (χ1v) is 12.2. The molecule has 4 saturated carbocycles. The summed E-state index contributed by atoms with van der Waals surface area (Å²) in [6.07, 6.45) is 11.8. The van der Waals surface area contributed by atoms with Crippen LogP contribution in [0.15, 0.2) is 0 Å². The lowest BCUT2D eigenvalue weighted by molar-refractivity contribution is -0.169. The van der Waals surface area contributed by atoms with Crippen LogP contribution < -0.4 is 0 Å². The van der Waals surface area contributed by atoms with Crippen LogP contribution in [0.1, 0.15) is 98.3 Å². The molecule has 4 aliphatic rings. The van der Waals surface area contributed by atoms with E-state index < -0.39 is 0 Å². The fourth-order valence-corrected chi connectivity index (χ4v) is 7.98. The maximum atomic E-state index is 12.0. The number of carbonyl (C=O) groups is 2.